The number of hydrogen-bond acceptors (Lipinski definition) is 2. The molecule has 0 aliphatic heterocycles. The minimum Gasteiger partial charge on any atom is -0.464 e. The number of nitrogens with two attached hydrogens (primary N) is 1. The number of rotatable bonds is 2. The van der Waals surface area contributed by atoms with Gasteiger partial charge in [0, 0.05) is 17.1 Å². The van der Waals surface area contributed by atoms with Crippen LogP contribution >= 0.6 is 28.3 Å². The Balaban J connectivity index is 0.00000225. The van der Waals surface area contributed by atoms with Crippen LogP contribution in [0.2, 0.25) is 0 Å². The van der Waals surface area contributed by atoms with Crippen LogP contribution in [0.25, 0.3) is 0 Å². The van der Waals surface area contributed by atoms with Crippen molar-refractivity contribution in [1.29, 1.82) is 0 Å². The van der Waals surface area contributed by atoms with E-state index < -0.39 is 6.09 Å². The fourth-order valence-electron chi connectivity index (χ4n) is 0.883. The SMILES string of the molecule is CN(N=C(N)c1ccc(Br)cc1)C(=O)O.Cl. The Labute approximate surface area is 107 Å². The third-order valence-corrected chi connectivity index (χ3v) is 2.20. The normalized spacial score (nSPS) is 10.5. The lowest BCUT2D eigenvalue weighted by Crippen LogP contribution is -2.24. The number of amides is 1. The number of hydrogen-bond donors (Lipinski definition) is 2. The molecule has 3 N–H and O–H groups in total. The van der Waals surface area contributed by atoms with E-state index in [1.807, 2.05) is 0 Å². The summed E-state index contributed by atoms with van der Waals surface area (Å²) in [7, 11) is 1.31. The van der Waals surface area contributed by atoms with Gasteiger partial charge in [-0.25, -0.2) is 4.79 Å². The van der Waals surface area contributed by atoms with Gasteiger partial charge in [0.25, 0.3) is 0 Å². The van der Waals surface area contributed by atoms with Gasteiger partial charge in [0.05, 0.1) is 0 Å². The third-order valence-electron chi connectivity index (χ3n) is 1.67. The molecule has 0 saturated heterocycles. The van der Waals surface area contributed by atoms with Gasteiger partial charge in [-0.2, -0.15) is 5.01 Å². The first-order chi connectivity index (χ1) is 7.00. The van der Waals surface area contributed by atoms with Crippen LogP contribution in [-0.4, -0.2) is 29.1 Å². The van der Waals surface area contributed by atoms with E-state index >= 15 is 0 Å². The minimum atomic E-state index is -1.16. The molecule has 1 amide bonds. The van der Waals surface area contributed by atoms with E-state index in [9.17, 15) is 4.79 Å². The Hall–Kier alpha value is -1.27. The topological polar surface area (TPSA) is 78.9 Å². The lowest BCUT2D eigenvalue weighted by Gasteiger charge is -2.07. The molecule has 0 bridgehead atoms. The molecule has 0 atom stereocenters. The van der Waals surface area contributed by atoms with Gasteiger partial charge in [-0.05, 0) is 12.1 Å². The van der Waals surface area contributed by atoms with E-state index in [0.717, 1.165) is 9.48 Å². The first kappa shape index (κ1) is 14.7. The number of nitrogens with zero attached hydrogens (tertiary/aromatic N) is 2. The van der Waals surface area contributed by atoms with E-state index in [1.165, 1.54) is 7.05 Å². The predicted molar refractivity (Wildman–Crippen MR) is 67.9 cm³/mol. The molecular formula is C9H11BrClN3O2. The van der Waals surface area contributed by atoms with Crippen molar-refractivity contribution < 1.29 is 9.90 Å². The summed E-state index contributed by atoms with van der Waals surface area (Å²) in [6.07, 6.45) is -1.16. The number of carboxylic acid groups (broad SMARTS) is 1. The Kier molecular flexibility index (Phi) is 5.84. The van der Waals surface area contributed by atoms with Crippen molar-refractivity contribution in [3.05, 3.63) is 34.3 Å². The van der Waals surface area contributed by atoms with Gasteiger partial charge in [-0.15, -0.1) is 17.5 Å². The van der Waals surface area contributed by atoms with Gasteiger partial charge in [0.15, 0.2) is 5.84 Å². The summed E-state index contributed by atoms with van der Waals surface area (Å²) in [5, 5.41) is 13.0. The number of halogens is 2. The van der Waals surface area contributed by atoms with E-state index in [0.29, 0.717) is 5.56 Å². The maximum Gasteiger partial charge on any atom is 0.427 e. The van der Waals surface area contributed by atoms with E-state index in [2.05, 4.69) is 21.0 Å². The molecule has 0 aliphatic rings. The minimum absolute atomic E-state index is 0. The highest BCUT2D eigenvalue weighted by Gasteiger charge is 2.05. The second kappa shape index (κ2) is 6.34. The van der Waals surface area contributed by atoms with Crippen LogP contribution in [0, 0.1) is 0 Å². The molecule has 1 aromatic rings. The van der Waals surface area contributed by atoms with E-state index in [1.54, 1.807) is 24.3 Å². The van der Waals surface area contributed by atoms with Gasteiger partial charge in [-0.1, -0.05) is 28.1 Å². The summed E-state index contributed by atoms with van der Waals surface area (Å²) in [5.74, 6) is 0.160. The molecule has 7 heteroatoms. The molecule has 0 fully saturated rings. The molecule has 0 heterocycles. The van der Waals surface area contributed by atoms with Gasteiger partial charge in [0.1, 0.15) is 0 Å². The molecular weight excluding hydrogens is 297 g/mol. The summed E-state index contributed by atoms with van der Waals surface area (Å²) >= 11 is 3.28. The summed E-state index contributed by atoms with van der Waals surface area (Å²) < 4.78 is 0.922. The van der Waals surface area contributed by atoms with Crippen LogP contribution in [-0.2, 0) is 0 Å². The fourth-order valence-corrected chi connectivity index (χ4v) is 1.15. The van der Waals surface area contributed by atoms with Crippen LogP contribution in [0.15, 0.2) is 33.8 Å². The van der Waals surface area contributed by atoms with Gasteiger partial charge in [0.2, 0.25) is 0 Å². The van der Waals surface area contributed by atoms with E-state index in [-0.39, 0.29) is 18.2 Å². The van der Waals surface area contributed by atoms with Crippen LogP contribution < -0.4 is 5.73 Å². The zero-order valence-electron chi connectivity index (χ0n) is 8.42. The molecule has 1 aromatic carbocycles. The standard InChI is InChI=1S/C9H10BrN3O2.ClH/c1-13(9(14)15)12-8(11)6-2-4-7(10)5-3-6;/h2-5H,1H3,(H2,11,12)(H,14,15);1H. The zero-order valence-corrected chi connectivity index (χ0v) is 10.8. The van der Waals surface area contributed by atoms with Crippen molar-refractivity contribution in [3.63, 3.8) is 0 Å². The summed E-state index contributed by atoms with van der Waals surface area (Å²) in [5.41, 5.74) is 6.29. The highest BCUT2D eigenvalue weighted by molar-refractivity contribution is 9.10. The molecule has 0 unspecified atom stereocenters. The zero-order chi connectivity index (χ0) is 11.4. The third kappa shape index (κ3) is 4.08. The number of carbonyl (C=O) groups is 1. The quantitative estimate of drug-likeness (QED) is 0.499. The Morgan fingerprint density at radius 2 is 1.94 bits per heavy atom. The van der Waals surface area contributed by atoms with Crippen molar-refractivity contribution in [2.24, 2.45) is 10.8 Å². The average molecular weight is 309 g/mol. The molecule has 16 heavy (non-hydrogen) atoms. The van der Waals surface area contributed by atoms with Crippen LogP contribution in [0.1, 0.15) is 5.56 Å². The molecule has 0 aliphatic carbocycles. The highest BCUT2D eigenvalue weighted by Crippen LogP contribution is 2.10. The molecule has 0 radical (unpaired) electrons. The number of hydrazone groups is 1. The van der Waals surface area contributed by atoms with Crippen molar-refractivity contribution in [1.82, 2.24) is 5.01 Å². The fraction of sp³-hybridized carbons (Fsp3) is 0.111. The predicted octanol–water partition coefficient (Wildman–Crippen LogP) is 2.10. The van der Waals surface area contributed by atoms with Gasteiger partial charge in [-0.3, -0.25) is 0 Å². The first-order valence-electron chi connectivity index (χ1n) is 4.07. The molecule has 0 spiro atoms. The monoisotopic (exact) mass is 307 g/mol. The number of amidine groups is 1. The van der Waals surface area contributed by atoms with Crippen LogP contribution in [0.3, 0.4) is 0 Å². The van der Waals surface area contributed by atoms with Crippen molar-refractivity contribution in [3.8, 4) is 0 Å². The Bertz CT molecular complexity index is 394. The lowest BCUT2D eigenvalue weighted by atomic mass is 10.2. The molecule has 88 valence electrons. The van der Waals surface area contributed by atoms with Crippen molar-refractivity contribution in [2.45, 2.75) is 0 Å². The smallest absolute Gasteiger partial charge is 0.427 e. The van der Waals surface area contributed by atoms with Gasteiger partial charge < -0.3 is 10.8 Å². The second-order valence-electron chi connectivity index (χ2n) is 2.80. The maximum absolute atomic E-state index is 10.5. The molecule has 1 rings (SSSR count). The maximum atomic E-state index is 10.5. The van der Waals surface area contributed by atoms with Crippen LogP contribution in [0.5, 0.6) is 0 Å². The van der Waals surface area contributed by atoms with Crippen LogP contribution in [0.4, 0.5) is 4.79 Å². The number of benzene rings is 1. The Morgan fingerprint density at radius 3 is 2.38 bits per heavy atom. The average Bonchev–Trinajstić information content (AvgIpc) is 2.18. The van der Waals surface area contributed by atoms with Crippen molar-refractivity contribution in [2.75, 3.05) is 7.05 Å². The van der Waals surface area contributed by atoms with Gasteiger partial charge >= 0.3 is 6.09 Å². The molecule has 5 nitrogen and oxygen atoms in total. The van der Waals surface area contributed by atoms with E-state index in [4.69, 9.17) is 10.8 Å². The molecule has 0 saturated carbocycles. The summed E-state index contributed by atoms with van der Waals surface area (Å²) in [6.45, 7) is 0. The summed E-state index contributed by atoms with van der Waals surface area (Å²) in [6, 6.07) is 7.11. The highest BCUT2D eigenvalue weighted by atomic mass is 79.9. The summed E-state index contributed by atoms with van der Waals surface area (Å²) in [4.78, 5) is 10.5. The largest absolute Gasteiger partial charge is 0.464 e. The molecule has 0 aromatic heterocycles. The second-order valence-corrected chi connectivity index (χ2v) is 3.71. The van der Waals surface area contributed by atoms with Crippen molar-refractivity contribution >= 4 is 40.3 Å². The first-order valence-corrected chi connectivity index (χ1v) is 4.86. The lowest BCUT2D eigenvalue weighted by molar-refractivity contribution is 0.157. The Morgan fingerprint density at radius 1 is 1.44 bits per heavy atom.